The Morgan fingerprint density at radius 3 is 2.09 bits per heavy atom. The predicted molar refractivity (Wildman–Crippen MR) is 128 cm³/mol. The first kappa shape index (κ1) is 23.1. The normalized spacial score (nSPS) is 18.1. The summed E-state index contributed by atoms with van der Waals surface area (Å²) in [7, 11) is 3.19. The Labute approximate surface area is 195 Å². The minimum Gasteiger partial charge on any atom is -0.497 e. The summed E-state index contributed by atoms with van der Waals surface area (Å²) in [5.41, 5.74) is 1.38. The van der Waals surface area contributed by atoms with Gasteiger partial charge in [0.2, 0.25) is 5.91 Å². The third kappa shape index (κ3) is 5.47. The summed E-state index contributed by atoms with van der Waals surface area (Å²) in [5, 5.41) is 3.10. The summed E-state index contributed by atoms with van der Waals surface area (Å²) in [6, 6.07) is 14.6. The third-order valence-corrected chi connectivity index (χ3v) is 6.75. The van der Waals surface area contributed by atoms with Gasteiger partial charge in [-0.05, 0) is 30.9 Å². The second-order valence-corrected chi connectivity index (χ2v) is 8.77. The Hall–Kier alpha value is -3.06. The van der Waals surface area contributed by atoms with Gasteiger partial charge in [0.25, 0.3) is 5.91 Å². The zero-order chi connectivity index (χ0) is 23.2. The minimum atomic E-state index is -0.210. The number of benzene rings is 2. The highest BCUT2D eigenvalue weighted by Gasteiger charge is 2.37. The van der Waals surface area contributed by atoms with E-state index in [9.17, 15) is 9.59 Å². The van der Waals surface area contributed by atoms with Crippen molar-refractivity contribution in [3.8, 4) is 11.5 Å². The monoisotopic (exact) mass is 451 g/mol. The molecule has 1 aliphatic carbocycles. The van der Waals surface area contributed by atoms with Crippen molar-refractivity contribution < 1.29 is 19.1 Å². The molecule has 176 valence electrons. The third-order valence-electron chi connectivity index (χ3n) is 6.75. The van der Waals surface area contributed by atoms with Crippen LogP contribution in [-0.2, 0) is 4.79 Å². The number of amides is 2. The molecule has 2 aliphatic rings. The molecule has 1 saturated heterocycles. The lowest BCUT2D eigenvalue weighted by atomic mass is 9.94. The number of carbonyl (C=O) groups is 2. The van der Waals surface area contributed by atoms with Gasteiger partial charge in [0.15, 0.2) is 0 Å². The van der Waals surface area contributed by atoms with Crippen LogP contribution in [0.25, 0.3) is 0 Å². The molecule has 1 saturated carbocycles. The maximum absolute atomic E-state index is 13.5. The number of hydrogen-bond donors (Lipinski definition) is 1. The van der Waals surface area contributed by atoms with Gasteiger partial charge >= 0.3 is 0 Å². The summed E-state index contributed by atoms with van der Waals surface area (Å²) in [5.74, 6) is 1.65. The number of ether oxygens (including phenoxy) is 2. The lowest BCUT2D eigenvalue weighted by Crippen LogP contribution is -2.56. The van der Waals surface area contributed by atoms with Crippen molar-refractivity contribution in [2.24, 2.45) is 5.92 Å². The molecule has 2 aromatic rings. The molecular weight excluding hydrogens is 418 g/mol. The molecule has 2 fully saturated rings. The summed E-state index contributed by atoms with van der Waals surface area (Å²) < 4.78 is 10.7. The number of piperazine rings is 1. The van der Waals surface area contributed by atoms with Gasteiger partial charge in [-0.15, -0.1) is 0 Å². The average Bonchev–Trinajstić information content (AvgIpc) is 3.38. The van der Waals surface area contributed by atoms with E-state index in [0.29, 0.717) is 54.8 Å². The second kappa shape index (κ2) is 10.7. The maximum atomic E-state index is 13.5. The molecule has 7 nitrogen and oxygen atoms in total. The van der Waals surface area contributed by atoms with E-state index in [0.717, 1.165) is 25.7 Å². The van der Waals surface area contributed by atoms with Crippen LogP contribution >= 0.6 is 0 Å². The van der Waals surface area contributed by atoms with Crippen molar-refractivity contribution >= 4 is 17.5 Å². The number of nitrogens with one attached hydrogen (secondary N) is 1. The van der Waals surface area contributed by atoms with E-state index in [2.05, 4.69) is 10.2 Å². The smallest absolute Gasteiger partial charge is 0.253 e. The van der Waals surface area contributed by atoms with Crippen molar-refractivity contribution in [3.63, 3.8) is 0 Å². The Balaban J connectivity index is 1.46. The van der Waals surface area contributed by atoms with Crippen LogP contribution in [0.4, 0.5) is 5.69 Å². The van der Waals surface area contributed by atoms with Gasteiger partial charge in [0.1, 0.15) is 11.5 Å². The van der Waals surface area contributed by atoms with E-state index in [4.69, 9.17) is 9.47 Å². The molecule has 0 aromatic heterocycles. The topological polar surface area (TPSA) is 71.1 Å². The van der Waals surface area contributed by atoms with Crippen LogP contribution in [-0.4, -0.2) is 68.1 Å². The van der Waals surface area contributed by atoms with Gasteiger partial charge in [0, 0.05) is 55.6 Å². The zero-order valence-electron chi connectivity index (χ0n) is 19.5. The number of hydrogen-bond acceptors (Lipinski definition) is 5. The SMILES string of the molecule is COc1cc(NC(=O)[C@H](C2CCCC2)N2CCN(C(=O)c3ccccc3)CC2)cc(OC)c1. The number of anilines is 1. The quantitative estimate of drug-likeness (QED) is 0.696. The fourth-order valence-corrected chi connectivity index (χ4v) is 5.01. The Bertz CT molecular complexity index is 929. The molecule has 0 radical (unpaired) electrons. The van der Waals surface area contributed by atoms with Gasteiger partial charge in [0.05, 0.1) is 20.3 Å². The van der Waals surface area contributed by atoms with Crippen LogP contribution in [0.15, 0.2) is 48.5 Å². The Morgan fingerprint density at radius 2 is 1.52 bits per heavy atom. The lowest BCUT2D eigenvalue weighted by Gasteiger charge is -2.40. The molecule has 0 spiro atoms. The zero-order valence-corrected chi connectivity index (χ0v) is 19.5. The van der Waals surface area contributed by atoms with Crippen molar-refractivity contribution in [1.82, 2.24) is 9.80 Å². The van der Waals surface area contributed by atoms with E-state index in [1.54, 1.807) is 20.3 Å². The standard InChI is InChI=1S/C26H33N3O4/c1-32-22-16-21(17-23(18-22)33-2)27-25(30)24(19-8-6-7-9-19)28-12-14-29(15-13-28)26(31)20-10-4-3-5-11-20/h3-5,10-11,16-19,24H,6-9,12-15H2,1-2H3,(H,27,30)/t24-/m0/s1. The molecule has 1 atom stereocenters. The van der Waals surface area contributed by atoms with Crippen molar-refractivity contribution in [3.05, 3.63) is 54.1 Å². The molecule has 33 heavy (non-hydrogen) atoms. The van der Waals surface area contributed by atoms with Crippen molar-refractivity contribution in [2.75, 3.05) is 45.7 Å². The first-order chi connectivity index (χ1) is 16.1. The van der Waals surface area contributed by atoms with Crippen molar-refractivity contribution in [1.29, 1.82) is 0 Å². The number of nitrogens with zero attached hydrogens (tertiary/aromatic N) is 2. The fraction of sp³-hybridized carbons (Fsp3) is 0.462. The number of carbonyl (C=O) groups excluding carboxylic acids is 2. The highest BCUT2D eigenvalue weighted by Crippen LogP contribution is 2.32. The molecule has 0 unspecified atom stereocenters. The van der Waals surface area contributed by atoms with Gasteiger partial charge in [-0.25, -0.2) is 0 Å². The fourth-order valence-electron chi connectivity index (χ4n) is 5.01. The predicted octanol–water partition coefficient (Wildman–Crippen LogP) is 3.66. The largest absolute Gasteiger partial charge is 0.497 e. The van der Waals surface area contributed by atoms with Crippen molar-refractivity contribution in [2.45, 2.75) is 31.7 Å². The summed E-state index contributed by atoms with van der Waals surface area (Å²) in [6.07, 6.45) is 4.44. The van der Waals surface area contributed by atoms with Crippen LogP contribution < -0.4 is 14.8 Å². The van der Waals surface area contributed by atoms with Crippen LogP contribution in [0.2, 0.25) is 0 Å². The van der Waals surface area contributed by atoms with E-state index in [1.807, 2.05) is 47.4 Å². The van der Waals surface area contributed by atoms with Crippen LogP contribution in [0.3, 0.4) is 0 Å². The molecule has 4 rings (SSSR count). The first-order valence-electron chi connectivity index (χ1n) is 11.7. The van der Waals surface area contributed by atoms with Gasteiger partial charge in [-0.2, -0.15) is 0 Å². The lowest BCUT2D eigenvalue weighted by molar-refractivity contribution is -0.123. The first-order valence-corrected chi connectivity index (χ1v) is 11.7. The van der Waals surface area contributed by atoms with Gasteiger partial charge < -0.3 is 19.7 Å². The highest BCUT2D eigenvalue weighted by atomic mass is 16.5. The highest BCUT2D eigenvalue weighted by molar-refractivity contribution is 5.96. The van der Waals surface area contributed by atoms with Crippen LogP contribution in [0.1, 0.15) is 36.0 Å². The maximum Gasteiger partial charge on any atom is 0.253 e. The van der Waals surface area contributed by atoms with E-state index >= 15 is 0 Å². The minimum absolute atomic E-state index is 0.0000389. The summed E-state index contributed by atoms with van der Waals surface area (Å²) in [4.78, 5) is 30.5. The van der Waals surface area contributed by atoms with Crippen LogP contribution in [0.5, 0.6) is 11.5 Å². The number of methoxy groups -OCH3 is 2. The Morgan fingerprint density at radius 1 is 0.909 bits per heavy atom. The molecule has 0 bridgehead atoms. The van der Waals surface area contributed by atoms with E-state index < -0.39 is 0 Å². The molecule has 2 amide bonds. The van der Waals surface area contributed by atoms with Gasteiger partial charge in [-0.3, -0.25) is 14.5 Å². The molecule has 7 heteroatoms. The molecule has 1 heterocycles. The number of rotatable bonds is 7. The van der Waals surface area contributed by atoms with Gasteiger partial charge in [-0.1, -0.05) is 31.0 Å². The van der Waals surface area contributed by atoms with Crippen LogP contribution in [0, 0.1) is 5.92 Å². The summed E-state index contributed by atoms with van der Waals surface area (Å²) >= 11 is 0. The molecular formula is C26H33N3O4. The van der Waals surface area contributed by atoms with E-state index in [-0.39, 0.29) is 17.9 Å². The molecule has 1 N–H and O–H groups in total. The second-order valence-electron chi connectivity index (χ2n) is 8.77. The molecule has 1 aliphatic heterocycles. The molecule has 2 aromatic carbocycles. The Kier molecular flexibility index (Phi) is 7.50. The van der Waals surface area contributed by atoms with E-state index in [1.165, 1.54) is 0 Å². The summed E-state index contributed by atoms with van der Waals surface area (Å²) in [6.45, 7) is 2.62. The average molecular weight is 452 g/mol.